The highest BCUT2D eigenvalue weighted by Crippen LogP contribution is 2.46. The maximum absolute atomic E-state index is 14.7. The number of halogens is 2. The summed E-state index contributed by atoms with van der Waals surface area (Å²) in [5.74, 6) is -1.16. The maximum Gasteiger partial charge on any atom is 0.130 e. The molecule has 0 aromatic heterocycles. The minimum absolute atomic E-state index is 0.0134. The smallest absolute Gasteiger partial charge is 0.130 e. The van der Waals surface area contributed by atoms with E-state index in [1.54, 1.807) is 0 Å². The Morgan fingerprint density at radius 3 is 2.28 bits per heavy atom. The maximum atomic E-state index is 14.7. The standard InChI is InChI=1S/C25H30F2N2/c1-2-29(18-20-10-4-3-5-11-20)17-9-16-25(19-28,21-12-6-7-13-21)24-22(26)14-8-15-23(24)27/h3-5,8,10-11,14-15,21H,2,6-7,9,12-13,16-18H2,1H3. The first-order chi connectivity index (χ1) is 14.1. The number of hydrogen-bond donors (Lipinski definition) is 0. The van der Waals surface area contributed by atoms with Gasteiger partial charge in [-0.05, 0) is 62.4 Å². The van der Waals surface area contributed by atoms with E-state index in [0.29, 0.717) is 6.42 Å². The van der Waals surface area contributed by atoms with Crippen LogP contribution in [0.5, 0.6) is 0 Å². The molecule has 154 valence electrons. The summed E-state index contributed by atoms with van der Waals surface area (Å²) in [6.45, 7) is 4.66. The number of nitriles is 1. The normalized spacial score (nSPS) is 16.7. The second kappa shape index (κ2) is 9.98. The van der Waals surface area contributed by atoms with Crippen LogP contribution in [0.15, 0.2) is 48.5 Å². The molecule has 0 heterocycles. The first-order valence-corrected chi connectivity index (χ1v) is 10.7. The topological polar surface area (TPSA) is 27.0 Å². The van der Waals surface area contributed by atoms with Crippen molar-refractivity contribution >= 4 is 0 Å². The van der Waals surface area contributed by atoms with Crippen molar-refractivity contribution in [2.45, 2.75) is 57.4 Å². The molecule has 4 heteroatoms. The minimum Gasteiger partial charge on any atom is -0.299 e. The van der Waals surface area contributed by atoms with Crippen LogP contribution in [0.3, 0.4) is 0 Å². The lowest BCUT2D eigenvalue weighted by molar-refractivity contribution is 0.242. The summed E-state index contributed by atoms with van der Waals surface area (Å²) in [7, 11) is 0. The van der Waals surface area contributed by atoms with Gasteiger partial charge in [-0.2, -0.15) is 5.26 Å². The van der Waals surface area contributed by atoms with Crippen LogP contribution >= 0.6 is 0 Å². The van der Waals surface area contributed by atoms with Crippen LogP contribution in [0.1, 0.15) is 56.6 Å². The second-order valence-corrected chi connectivity index (χ2v) is 8.12. The summed E-state index contributed by atoms with van der Waals surface area (Å²) in [5.41, 5.74) is 0.148. The predicted molar refractivity (Wildman–Crippen MR) is 112 cm³/mol. The highest BCUT2D eigenvalue weighted by molar-refractivity contribution is 5.36. The Bertz CT molecular complexity index is 804. The fourth-order valence-corrected chi connectivity index (χ4v) is 4.85. The second-order valence-electron chi connectivity index (χ2n) is 8.12. The van der Waals surface area contributed by atoms with Crippen molar-refractivity contribution in [3.63, 3.8) is 0 Å². The molecule has 2 aromatic carbocycles. The summed E-state index contributed by atoms with van der Waals surface area (Å²) < 4.78 is 29.4. The van der Waals surface area contributed by atoms with E-state index >= 15 is 0 Å². The molecular formula is C25H30F2N2. The molecule has 1 aliphatic rings. The molecule has 3 rings (SSSR count). The number of rotatable bonds is 9. The number of nitrogens with zero attached hydrogens (tertiary/aromatic N) is 2. The molecule has 1 atom stereocenters. The van der Waals surface area contributed by atoms with Crippen molar-refractivity contribution in [2.75, 3.05) is 13.1 Å². The van der Waals surface area contributed by atoms with Gasteiger partial charge in [0.05, 0.1) is 11.5 Å². The summed E-state index contributed by atoms with van der Waals surface area (Å²) in [5, 5.41) is 10.2. The lowest BCUT2D eigenvalue weighted by atomic mass is 9.67. The molecule has 0 N–H and O–H groups in total. The molecule has 0 aliphatic heterocycles. The monoisotopic (exact) mass is 396 g/mol. The summed E-state index contributed by atoms with van der Waals surface area (Å²) >= 11 is 0. The van der Waals surface area contributed by atoms with E-state index in [1.165, 1.54) is 23.8 Å². The first-order valence-electron chi connectivity index (χ1n) is 10.7. The quantitative estimate of drug-likeness (QED) is 0.503. The number of benzene rings is 2. The molecule has 2 aromatic rings. The van der Waals surface area contributed by atoms with Gasteiger partial charge in [0, 0.05) is 12.1 Å². The van der Waals surface area contributed by atoms with Gasteiger partial charge in [0.25, 0.3) is 0 Å². The highest BCUT2D eigenvalue weighted by atomic mass is 19.1. The van der Waals surface area contributed by atoms with E-state index in [4.69, 9.17) is 0 Å². The fraction of sp³-hybridized carbons (Fsp3) is 0.480. The van der Waals surface area contributed by atoms with Crippen LogP contribution in [-0.4, -0.2) is 18.0 Å². The minimum atomic E-state index is -1.09. The molecule has 1 fully saturated rings. The third kappa shape index (κ3) is 4.85. The molecule has 1 aliphatic carbocycles. The third-order valence-electron chi connectivity index (χ3n) is 6.40. The van der Waals surface area contributed by atoms with E-state index in [0.717, 1.165) is 51.7 Å². The van der Waals surface area contributed by atoms with Crippen LogP contribution in [-0.2, 0) is 12.0 Å². The predicted octanol–water partition coefficient (Wildman–Crippen LogP) is 6.22. The molecule has 0 radical (unpaired) electrons. The van der Waals surface area contributed by atoms with Gasteiger partial charge in [-0.15, -0.1) is 0 Å². The molecule has 2 nitrogen and oxygen atoms in total. The zero-order valence-electron chi connectivity index (χ0n) is 17.2. The Labute approximate surface area is 173 Å². The van der Waals surface area contributed by atoms with Crippen molar-refractivity contribution in [1.29, 1.82) is 5.26 Å². The molecule has 0 spiro atoms. The lowest BCUT2D eigenvalue weighted by Crippen LogP contribution is -2.36. The largest absolute Gasteiger partial charge is 0.299 e. The van der Waals surface area contributed by atoms with Gasteiger partial charge < -0.3 is 0 Å². The van der Waals surface area contributed by atoms with Crippen LogP contribution in [0, 0.1) is 28.9 Å². The Kier molecular flexibility index (Phi) is 7.39. The van der Waals surface area contributed by atoms with Crippen LogP contribution < -0.4 is 0 Å². The Morgan fingerprint density at radius 1 is 1.03 bits per heavy atom. The zero-order chi connectivity index (χ0) is 20.7. The molecule has 1 saturated carbocycles. The van der Waals surface area contributed by atoms with Gasteiger partial charge in [-0.3, -0.25) is 4.90 Å². The first kappa shape index (κ1) is 21.5. The van der Waals surface area contributed by atoms with Gasteiger partial charge in [0.15, 0.2) is 0 Å². The molecule has 1 unspecified atom stereocenters. The van der Waals surface area contributed by atoms with Crippen molar-refractivity contribution in [3.8, 4) is 6.07 Å². The van der Waals surface area contributed by atoms with E-state index in [2.05, 4.69) is 30.0 Å². The average Bonchev–Trinajstić information content (AvgIpc) is 3.27. The highest BCUT2D eigenvalue weighted by Gasteiger charge is 2.45. The Morgan fingerprint density at radius 2 is 1.69 bits per heavy atom. The van der Waals surface area contributed by atoms with E-state index < -0.39 is 17.0 Å². The fourth-order valence-electron chi connectivity index (χ4n) is 4.85. The average molecular weight is 397 g/mol. The van der Waals surface area contributed by atoms with Crippen LogP contribution in [0.25, 0.3) is 0 Å². The van der Waals surface area contributed by atoms with Gasteiger partial charge >= 0.3 is 0 Å². The van der Waals surface area contributed by atoms with Crippen LogP contribution in [0.2, 0.25) is 0 Å². The molecule has 0 saturated heterocycles. The van der Waals surface area contributed by atoms with Gasteiger partial charge in [0.1, 0.15) is 11.6 Å². The lowest BCUT2D eigenvalue weighted by Gasteiger charge is -2.34. The molecule has 29 heavy (non-hydrogen) atoms. The molecule has 0 bridgehead atoms. The number of hydrogen-bond acceptors (Lipinski definition) is 2. The summed E-state index contributed by atoms with van der Waals surface area (Å²) in [6, 6.07) is 16.6. The molecule has 0 amide bonds. The van der Waals surface area contributed by atoms with Crippen molar-refractivity contribution in [3.05, 3.63) is 71.3 Å². The molecular weight excluding hydrogens is 366 g/mol. The van der Waals surface area contributed by atoms with Crippen molar-refractivity contribution in [2.24, 2.45) is 5.92 Å². The van der Waals surface area contributed by atoms with E-state index in [1.807, 2.05) is 18.2 Å². The zero-order valence-corrected chi connectivity index (χ0v) is 17.2. The third-order valence-corrected chi connectivity index (χ3v) is 6.40. The van der Waals surface area contributed by atoms with Gasteiger partial charge in [-0.1, -0.05) is 56.2 Å². The van der Waals surface area contributed by atoms with Crippen molar-refractivity contribution in [1.82, 2.24) is 4.90 Å². The van der Waals surface area contributed by atoms with Crippen molar-refractivity contribution < 1.29 is 8.78 Å². The van der Waals surface area contributed by atoms with E-state index in [9.17, 15) is 14.0 Å². The van der Waals surface area contributed by atoms with E-state index in [-0.39, 0.29) is 11.5 Å². The van der Waals surface area contributed by atoms with Gasteiger partial charge in [0.2, 0.25) is 0 Å². The van der Waals surface area contributed by atoms with Crippen LogP contribution in [0.4, 0.5) is 8.78 Å². The summed E-state index contributed by atoms with van der Waals surface area (Å²) in [6.07, 6.45) is 5.00. The Hall–Kier alpha value is -2.25. The SMILES string of the molecule is CCN(CCCC(C#N)(c1c(F)cccc1F)C1CCCC1)Cc1ccccc1. The summed E-state index contributed by atoms with van der Waals surface area (Å²) in [4.78, 5) is 2.32. The van der Waals surface area contributed by atoms with Gasteiger partial charge in [-0.25, -0.2) is 8.78 Å². The Balaban J connectivity index is 1.78.